The highest BCUT2D eigenvalue weighted by Crippen LogP contribution is 2.38. The smallest absolute Gasteiger partial charge is 0.270 e. The average Bonchev–Trinajstić information content (AvgIpc) is 2.72. The van der Waals surface area contributed by atoms with E-state index in [1.807, 2.05) is 4.90 Å². The van der Waals surface area contributed by atoms with Crippen molar-refractivity contribution in [3.05, 3.63) is 35.5 Å². The molecule has 0 bridgehead atoms. The molecule has 0 spiro atoms. The van der Waals surface area contributed by atoms with E-state index in [2.05, 4.69) is 36.4 Å². The predicted octanol–water partition coefficient (Wildman–Crippen LogP) is 4.92. The van der Waals surface area contributed by atoms with Crippen molar-refractivity contribution in [1.82, 2.24) is 15.3 Å². The molecule has 2 aromatic heterocycles. The molecule has 32 heavy (non-hydrogen) atoms. The molecule has 6 nitrogen and oxygen atoms in total. The second kappa shape index (κ2) is 9.90. The fraction of sp³-hybridized carbons (Fsp3) is 0.542. The highest BCUT2D eigenvalue weighted by Gasteiger charge is 2.29. The van der Waals surface area contributed by atoms with Crippen LogP contribution < -0.4 is 15.5 Å². The summed E-state index contributed by atoms with van der Waals surface area (Å²) in [6.45, 7) is 10.7. The summed E-state index contributed by atoms with van der Waals surface area (Å²) < 4.78 is 29.0. The number of hydrogen-bond donors (Lipinski definition) is 2. The molecule has 2 N–H and O–H groups in total. The summed E-state index contributed by atoms with van der Waals surface area (Å²) in [5.41, 5.74) is 1.95. The molecular formula is C24H33F2N5O. The molecule has 0 saturated carbocycles. The van der Waals surface area contributed by atoms with E-state index in [1.165, 1.54) is 19.1 Å². The van der Waals surface area contributed by atoms with Crippen LogP contribution in [0.25, 0.3) is 11.3 Å². The Kier molecular flexibility index (Phi) is 7.44. The lowest BCUT2D eigenvalue weighted by Gasteiger charge is -2.33. The molecule has 0 aromatic carbocycles. The molecule has 1 fully saturated rings. The van der Waals surface area contributed by atoms with Crippen molar-refractivity contribution in [2.45, 2.75) is 65.3 Å². The maximum Gasteiger partial charge on any atom is 0.270 e. The van der Waals surface area contributed by atoms with E-state index in [4.69, 9.17) is 4.98 Å². The third kappa shape index (κ3) is 5.59. The Bertz CT molecular complexity index is 960. The summed E-state index contributed by atoms with van der Waals surface area (Å²) in [6, 6.07) is 5.00. The fourth-order valence-corrected chi connectivity index (χ4v) is 4.25. The molecule has 3 heterocycles. The van der Waals surface area contributed by atoms with Crippen LogP contribution in [0.3, 0.4) is 0 Å². The average molecular weight is 446 g/mol. The zero-order valence-corrected chi connectivity index (χ0v) is 19.5. The molecule has 3 rings (SSSR count). The van der Waals surface area contributed by atoms with Crippen molar-refractivity contribution in [2.24, 2.45) is 0 Å². The van der Waals surface area contributed by atoms with Crippen LogP contribution in [0.15, 0.2) is 24.4 Å². The van der Waals surface area contributed by atoms with Crippen LogP contribution in [0, 0.1) is 0 Å². The number of carbonyl (C=O) groups excluding carboxylic acids is 1. The van der Waals surface area contributed by atoms with Crippen molar-refractivity contribution in [2.75, 3.05) is 29.9 Å². The molecule has 174 valence electrons. The molecule has 0 aliphatic carbocycles. The molecule has 1 aliphatic heterocycles. The lowest BCUT2D eigenvalue weighted by Crippen LogP contribution is -2.49. The van der Waals surface area contributed by atoms with Gasteiger partial charge in [-0.1, -0.05) is 20.3 Å². The van der Waals surface area contributed by atoms with Crippen LogP contribution in [0.1, 0.15) is 64.5 Å². The van der Waals surface area contributed by atoms with E-state index in [-0.39, 0.29) is 23.4 Å². The van der Waals surface area contributed by atoms with Crippen molar-refractivity contribution in [3.63, 3.8) is 0 Å². The molecule has 1 unspecified atom stereocenters. The molecule has 2 atom stereocenters. The van der Waals surface area contributed by atoms with Gasteiger partial charge in [-0.05, 0) is 37.5 Å². The number of piperazine rings is 1. The highest BCUT2D eigenvalue weighted by molar-refractivity contribution is 5.90. The summed E-state index contributed by atoms with van der Waals surface area (Å²) in [7, 11) is 0. The number of nitrogens with one attached hydrogen (secondary N) is 2. The van der Waals surface area contributed by atoms with Crippen LogP contribution in [0.4, 0.5) is 20.4 Å². The number of pyridine rings is 2. The van der Waals surface area contributed by atoms with E-state index in [0.29, 0.717) is 30.4 Å². The maximum atomic E-state index is 14.5. The Balaban J connectivity index is 2.19. The first-order chi connectivity index (χ1) is 15.1. The van der Waals surface area contributed by atoms with Crippen molar-refractivity contribution in [3.8, 4) is 11.3 Å². The van der Waals surface area contributed by atoms with Crippen LogP contribution in [0.2, 0.25) is 0 Å². The first-order valence-corrected chi connectivity index (χ1v) is 11.3. The number of nitrogens with zero attached hydrogens (tertiary/aromatic N) is 3. The number of halogens is 2. The molecular weight excluding hydrogens is 412 g/mol. The van der Waals surface area contributed by atoms with E-state index >= 15 is 0 Å². The van der Waals surface area contributed by atoms with E-state index in [1.54, 1.807) is 12.3 Å². The van der Waals surface area contributed by atoms with Gasteiger partial charge in [-0.2, -0.15) is 0 Å². The lowest BCUT2D eigenvalue weighted by atomic mass is 9.90. The zero-order valence-electron chi connectivity index (χ0n) is 19.5. The minimum atomic E-state index is -3.01. The third-order valence-electron chi connectivity index (χ3n) is 5.79. The molecule has 2 aromatic rings. The fourth-order valence-electron chi connectivity index (χ4n) is 4.25. The molecule has 1 aliphatic rings. The number of hydrogen-bond acceptors (Lipinski definition) is 5. The van der Waals surface area contributed by atoms with Crippen molar-refractivity contribution >= 4 is 17.5 Å². The van der Waals surface area contributed by atoms with E-state index in [9.17, 15) is 13.6 Å². The summed E-state index contributed by atoms with van der Waals surface area (Å²) in [5, 5.41) is 6.18. The van der Waals surface area contributed by atoms with Crippen molar-refractivity contribution < 1.29 is 13.6 Å². The number of amides is 1. The molecule has 8 heteroatoms. The van der Waals surface area contributed by atoms with Gasteiger partial charge in [-0.15, -0.1) is 0 Å². The monoisotopic (exact) mass is 445 g/mol. The molecule has 0 radical (unpaired) electrons. The first-order valence-electron chi connectivity index (χ1n) is 11.3. The molecule has 1 saturated heterocycles. The minimum absolute atomic E-state index is 0.0702. The van der Waals surface area contributed by atoms with Crippen molar-refractivity contribution in [1.29, 1.82) is 0 Å². The van der Waals surface area contributed by atoms with Gasteiger partial charge in [0.1, 0.15) is 11.6 Å². The topological polar surface area (TPSA) is 70.2 Å². The van der Waals surface area contributed by atoms with Gasteiger partial charge in [-0.25, -0.2) is 18.7 Å². The summed E-state index contributed by atoms with van der Waals surface area (Å²) in [5.74, 6) is -2.16. The summed E-state index contributed by atoms with van der Waals surface area (Å²) in [4.78, 5) is 23.0. The Labute approximate surface area is 188 Å². The summed E-state index contributed by atoms with van der Waals surface area (Å²) >= 11 is 0. The number of anilines is 2. The van der Waals surface area contributed by atoms with Gasteiger partial charge in [0.2, 0.25) is 5.91 Å². The Hall–Kier alpha value is -2.61. The van der Waals surface area contributed by atoms with Gasteiger partial charge in [0.05, 0.1) is 5.69 Å². The van der Waals surface area contributed by atoms with E-state index in [0.717, 1.165) is 37.4 Å². The summed E-state index contributed by atoms with van der Waals surface area (Å²) in [6.07, 6.45) is 3.41. The van der Waals surface area contributed by atoms with Gasteiger partial charge in [0.25, 0.3) is 5.92 Å². The second-order valence-corrected chi connectivity index (χ2v) is 8.78. The Morgan fingerprint density at radius 3 is 2.78 bits per heavy atom. The minimum Gasteiger partial charge on any atom is -0.354 e. The van der Waals surface area contributed by atoms with Crippen LogP contribution in [0.5, 0.6) is 0 Å². The normalized spacial score (nSPS) is 17.8. The van der Waals surface area contributed by atoms with Gasteiger partial charge in [0.15, 0.2) is 0 Å². The first kappa shape index (κ1) is 24.0. The highest BCUT2D eigenvalue weighted by atomic mass is 19.3. The lowest BCUT2D eigenvalue weighted by molar-refractivity contribution is -0.114. The maximum absolute atomic E-state index is 14.5. The van der Waals surface area contributed by atoms with Crippen LogP contribution >= 0.6 is 0 Å². The Morgan fingerprint density at radius 1 is 1.41 bits per heavy atom. The van der Waals surface area contributed by atoms with Crippen LogP contribution in [-0.2, 0) is 10.7 Å². The Morgan fingerprint density at radius 2 is 2.16 bits per heavy atom. The van der Waals surface area contributed by atoms with Gasteiger partial charge in [-0.3, -0.25) is 4.79 Å². The number of alkyl halides is 2. The number of rotatable bonds is 7. The van der Waals surface area contributed by atoms with Gasteiger partial charge >= 0.3 is 0 Å². The second-order valence-electron chi connectivity index (χ2n) is 8.78. The quantitative estimate of drug-likeness (QED) is 0.633. The third-order valence-corrected chi connectivity index (χ3v) is 5.79. The largest absolute Gasteiger partial charge is 0.354 e. The standard InChI is InChI=1S/C24H33F2N5O/c1-6-7-15(2)22-19(8-9-28-23(22)29-17(4)32)20-12-18(24(5,25)26)13-21(30-20)31-11-10-27-16(3)14-31/h8-9,12-13,15-16,27H,6-7,10-11,14H2,1-5H3,(H,28,29,32)/t15?,16-/m0/s1. The zero-order chi connectivity index (χ0) is 23.5. The van der Waals surface area contributed by atoms with Gasteiger partial charge in [0, 0.05) is 62.4 Å². The van der Waals surface area contributed by atoms with E-state index < -0.39 is 5.92 Å². The number of aromatic nitrogens is 2. The number of carbonyl (C=O) groups is 1. The van der Waals surface area contributed by atoms with Gasteiger partial charge < -0.3 is 15.5 Å². The predicted molar refractivity (Wildman–Crippen MR) is 124 cm³/mol. The molecule has 1 amide bonds. The SMILES string of the molecule is CCCC(C)c1c(-c2cc(C(C)(F)F)cc(N3CCN[C@@H](C)C3)n2)ccnc1NC(C)=O. The van der Waals surface area contributed by atoms with Crippen LogP contribution in [-0.4, -0.2) is 41.6 Å².